The van der Waals surface area contributed by atoms with E-state index in [1.165, 1.54) is 30.6 Å². The molecule has 0 fully saturated rings. The van der Waals surface area contributed by atoms with Gasteiger partial charge in [0.05, 0.1) is 29.3 Å². The molecule has 6 nitrogen and oxygen atoms in total. The highest BCUT2D eigenvalue weighted by Crippen LogP contribution is 2.45. The molecule has 0 spiro atoms. The summed E-state index contributed by atoms with van der Waals surface area (Å²) in [5.41, 5.74) is 1.75. The number of rotatable bonds is 4. The van der Waals surface area contributed by atoms with Crippen LogP contribution in [0.5, 0.6) is 5.75 Å². The number of nitrogens with one attached hydrogen (secondary N) is 1. The molecule has 2 heterocycles. The quantitative estimate of drug-likeness (QED) is 0.684. The zero-order chi connectivity index (χ0) is 20.6. The van der Waals surface area contributed by atoms with Gasteiger partial charge in [-0.1, -0.05) is 12.1 Å². The molecule has 0 radical (unpaired) electrons. The van der Waals surface area contributed by atoms with E-state index in [1.807, 2.05) is 12.1 Å². The van der Waals surface area contributed by atoms with Crippen LogP contribution in [0.1, 0.15) is 28.3 Å². The molecule has 0 unspecified atom stereocenters. The number of anilines is 1. The highest BCUT2D eigenvalue weighted by atomic mass is 32.2. The smallest absolute Gasteiger partial charge is 0.225 e. The number of hydrogen-bond acceptors (Lipinski definition) is 6. The van der Waals surface area contributed by atoms with Crippen LogP contribution in [0.25, 0.3) is 0 Å². The fourth-order valence-electron chi connectivity index (χ4n) is 3.34. The van der Waals surface area contributed by atoms with Gasteiger partial charge >= 0.3 is 0 Å². The van der Waals surface area contributed by atoms with Gasteiger partial charge in [0, 0.05) is 22.6 Å². The van der Waals surface area contributed by atoms with Crippen molar-refractivity contribution in [1.29, 1.82) is 5.26 Å². The lowest BCUT2D eigenvalue weighted by Gasteiger charge is -2.23. The molecule has 29 heavy (non-hydrogen) atoms. The molecule has 1 aromatic heterocycles. The molecular weight excluding hydrogens is 408 g/mol. The Morgan fingerprint density at radius 1 is 1.14 bits per heavy atom. The number of amides is 1. The molecule has 146 valence electrons. The highest BCUT2D eigenvalue weighted by molar-refractivity contribution is 7.91. The molecule has 1 aliphatic rings. The number of benzene rings is 2. The summed E-state index contributed by atoms with van der Waals surface area (Å²) in [6, 6.07) is 15.2. The van der Waals surface area contributed by atoms with E-state index in [-0.39, 0.29) is 28.0 Å². The third kappa shape index (κ3) is 3.39. The summed E-state index contributed by atoms with van der Waals surface area (Å²) in [5, 5.41) is 13.3. The molecule has 1 atom stereocenters. The molecule has 1 aliphatic heterocycles. The number of hydrogen-bond donors (Lipinski definition) is 1. The van der Waals surface area contributed by atoms with Crippen molar-refractivity contribution in [3.63, 3.8) is 0 Å². The molecule has 0 bridgehead atoms. The molecule has 2 aromatic carbocycles. The third-order valence-corrected chi connectivity index (χ3v) is 7.90. The molecule has 1 N–H and O–H groups in total. The number of ether oxygens (including phenoxy) is 1. The van der Waals surface area contributed by atoms with Crippen molar-refractivity contribution in [2.24, 2.45) is 0 Å². The van der Waals surface area contributed by atoms with Crippen molar-refractivity contribution in [3.8, 4) is 11.8 Å². The van der Waals surface area contributed by atoms with Crippen molar-refractivity contribution in [3.05, 3.63) is 69.9 Å². The fourth-order valence-corrected chi connectivity index (χ4v) is 6.25. The molecule has 8 heteroatoms. The largest absolute Gasteiger partial charge is 0.497 e. The number of nitrogens with zero attached hydrogens (tertiary/aromatic N) is 1. The maximum absolute atomic E-state index is 13.2. The van der Waals surface area contributed by atoms with Crippen molar-refractivity contribution in [2.45, 2.75) is 22.1 Å². The van der Waals surface area contributed by atoms with E-state index in [4.69, 9.17) is 10.00 Å². The summed E-state index contributed by atoms with van der Waals surface area (Å²) in [5.74, 6) is 0.0678. The first-order valence-electron chi connectivity index (χ1n) is 8.74. The average molecular weight is 425 g/mol. The maximum Gasteiger partial charge on any atom is 0.225 e. The third-order valence-electron chi connectivity index (χ3n) is 4.86. The number of methoxy groups -OCH3 is 1. The minimum atomic E-state index is -3.80. The highest BCUT2D eigenvalue weighted by Gasteiger charge is 2.34. The molecule has 3 aromatic rings. The van der Waals surface area contributed by atoms with Crippen LogP contribution in [0.2, 0.25) is 0 Å². The van der Waals surface area contributed by atoms with Crippen LogP contribution >= 0.6 is 11.3 Å². The predicted octanol–water partition coefficient (Wildman–Crippen LogP) is 3.94. The number of thiophene rings is 1. The molecule has 4 rings (SSSR count). The van der Waals surface area contributed by atoms with E-state index < -0.39 is 9.84 Å². The van der Waals surface area contributed by atoms with E-state index in [1.54, 1.807) is 29.6 Å². The second kappa shape index (κ2) is 7.35. The van der Waals surface area contributed by atoms with Crippen LogP contribution in [0.4, 0.5) is 5.69 Å². The second-order valence-corrected chi connectivity index (χ2v) is 9.39. The van der Waals surface area contributed by atoms with Gasteiger partial charge in [0.2, 0.25) is 15.7 Å². The zero-order valence-electron chi connectivity index (χ0n) is 15.4. The SMILES string of the molecule is COc1ccc(S(=O)(=O)c2csc3c2NC(=O)C[C@@H]3c2ccc(C#N)cc2)cc1. The second-order valence-electron chi connectivity index (χ2n) is 6.56. The number of sulfone groups is 1. The average Bonchev–Trinajstić information content (AvgIpc) is 3.18. The predicted molar refractivity (Wildman–Crippen MR) is 109 cm³/mol. The summed E-state index contributed by atoms with van der Waals surface area (Å²) in [4.78, 5) is 13.4. The first-order chi connectivity index (χ1) is 13.9. The molecule has 0 saturated carbocycles. The minimum absolute atomic E-state index is 0.0920. The summed E-state index contributed by atoms with van der Waals surface area (Å²) in [6.07, 6.45) is 0.224. The van der Waals surface area contributed by atoms with Gasteiger partial charge in [-0.05, 0) is 42.0 Å². The van der Waals surface area contributed by atoms with Gasteiger partial charge in [0.1, 0.15) is 10.6 Å². The van der Waals surface area contributed by atoms with Gasteiger partial charge in [-0.25, -0.2) is 8.42 Å². The molecule has 0 saturated heterocycles. The van der Waals surface area contributed by atoms with Crippen LogP contribution in [-0.4, -0.2) is 21.4 Å². The first-order valence-corrected chi connectivity index (χ1v) is 11.1. The molecule has 0 aliphatic carbocycles. The Kier molecular flexibility index (Phi) is 4.86. The summed E-state index contributed by atoms with van der Waals surface area (Å²) in [7, 11) is -2.29. The number of fused-ring (bicyclic) bond motifs is 1. The monoisotopic (exact) mass is 424 g/mol. The van der Waals surface area contributed by atoms with Gasteiger partial charge in [-0.3, -0.25) is 4.79 Å². The number of nitriles is 1. The van der Waals surface area contributed by atoms with Gasteiger partial charge in [-0.15, -0.1) is 11.3 Å². The van der Waals surface area contributed by atoms with Gasteiger partial charge in [0.15, 0.2) is 0 Å². The van der Waals surface area contributed by atoms with Gasteiger partial charge < -0.3 is 10.1 Å². The number of carbonyl (C=O) groups is 1. The van der Waals surface area contributed by atoms with E-state index in [0.717, 1.165) is 10.4 Å². The fraction of sp³-hybridized carbons (Fsp3) is 0.143. The Bertz CT molecular complexity index is 1220. The Labute approximate surface area is 172 Å². The Balaban J connectivity index is 1.78. The summed E-state index contributed by atoms with van der Waals surface area (Å²) in [6.45, 7) is 0. The lowest BCUT2D eigenvalue weighted by atomic mass is 9.90. The van der Waals surface area contributed by atoms with E-state index >= 15 is 0 Å². The van der Waals surface area contributed by atoms with Crippen LogP contribution in [0.3, 0.4) is 0 Å². The molecular formula is C21H16N2O4S2. The van der Waals surface area contributed by atoms with Crippen LogP contribution in [0.15, 0.2) is 63.7 Å². The number of carbonyl (C=O) groups excluding carboxylic acids is 1. The van der Waals surface area contributed by atoms with E-state index in [0.29, 0.717) is 17.0 Å². The normalized spacial score (nSPS) is 15.9. The van der Waals surface area contributed by atoms with Gasteiger partial charge in [0.25, 0.3) is 0 Å². The van der Waals surface area contributed by atoms with Crippen molar-refractivity contribution in [2.75, 3.05) is 12.4 Å². The Morgan fingerprint density at radius 3 is 2.45 bits per heavy atom. The maximum atomic E-state index is 13.2. The van der Waals surface area contributed by atoms with Crippen LogP contribution in [0, 0.1) is 11.3 Å². The zero-order valence-corrected chi connectivity index (χ0v) is 17.0. The van der Waals surface area contributed by atoms with Gasteiger partial charge in [-0.2, -0.15) is 5.26 Å². The van der Waals surface area contributed by atoms with E-state index in [9.17, 15) is 13.2 Å². The standard InChI is InChI=1S/C21H16N2O4S2/c1-27-15-6-8-16(9-7-15)29(25,26)18-12-28-21-17(10-19(24)23-20(18)21)14-4-2-13(11-22)3-5-14/h2-9,12,17H,10H2,1H3,(H,23,24)/t17-/m1/s1. The first kappa shape index (κ1) is 19.2. The minimum Gasteiger partial charge on any atom is -0.497 e. The topological polar surface area (TPSA) is 96.3 Å². The van der Waals surface area contributed by atoms with Crippen molar-refractivity contribution in [1.82, 2.24) is 0 Å². The van der Waals surface area contributed by atoms with Crippen molar-refractivity contribution < 1.29 is 17.9 Å². The summed E-state index contributed by atoms with van der Waals surface area (Å²) < 4.78 is 31.4. The van der Waals surface area contributed by atoms with Crippen LogP contribution < -0.4 is 10.1 Å². The molecule has 1 amide bonds. The van der Waals surface area contributed by atoms with E-state index in [2.05, 4.69) is 11.4 Å². The Morgan fingerprint density at radius 2 is 1.83 bits per heavy atom. The Hall–Kier alpha value is -3.15. The lowest BCUT2D eigenvalue weighted by Crippen LogP contribution is -2.23. The van der Waals surface area contributed by atoms with Crippen molar-refractivity contribution >= 4 is 32.8 Å². The lowest BCUT2D eigenvalue weighted by molar-refractivity contribution is -0.116. The van der Waals surface area contributed by atoms with Crippen LogP contribution in [-0.2, 0) is 14.6 Å². The summed E-state index contributed by atoms with van der Waals surface area (Å²) >= 11 is 1.31.